The van der Waals surface area contributed by atoms with Gasteiger partial charge in [0.25, 0.3) is 0 Å². The number of methoxy groups -OCH3 is 1. The number of thioether (sulfide) groups is 1. The third-order valence-corrected chi connectivity index (χ3v) is 5.12. The summed E-state index contributed by atoms with van der Waals surface area (Å²) in [4.78, 5) is 13.4. The molecule has 2 aliphatic rings. The average Bonchev–Trinajstić information content (AvgIpc) is 2.80. The van der Waals surface area contributed by atoms with Crippen LogP contribution in [-0.2, 0) is 4.79 Å². The molecule has 1 aromatic carbocycles. The van der Waals surface area contributed by atoms with Crippen molar-refractivity contribution in [2.24, 2.45) is 0 Å². The highest BCUT2D eigenvalue weighted by atomic mass is 32.2. The lowest BCUT2D eigenvalue weighted by molar-refractivity contribution is -0.118. The Morgan fingerprint density at radius 2 is 2.12 bits per heavy atom. The van der Waals surface area contributed by atoms with E-state index >= 15 is 0 Å². The van der Waals surface area contributed by atoms with Gasteiger partial charge in [-0.3, -0.25) is 4.79 Å². The number of hydrogen-bond donors (Lipinski definition) is 1. The van der Waals surface area contributed by atoms with Gasteiger partial charge in [0.05, 0.1) is 17.5 Å². The van der Waals surface area contributed by atoms with Gasteiger partial charge in [-0.15, -0.1) is 11.8 Å². The lowest BCUT2D eigenvalue weighted by Crippen LogP contribution is -2.40. The van der Waals surface area contributed by atoms with Crippen LogP contribution in [0.25, 0.3) is 0 Å². The van der Waals surface area contributed by atoms with Crippen LogP contribution < -0.4 is 10.1 Å². The smallest absolute Gasteiger partial charge is 0.241 e. The van der Waals surface area contributed by atoms with Crippen molar-refractivity contribution in [3.63, 3.8) is 0 Å². The highest BCUT2D eigenvalue weighted by Gasteiger charge is 2.45. The fourth-order valence-electron chi connectivity index (χ4n) is 2.65. The molecule has 3 nitrogen and oxygen atoms in total. The van der Waals surface area contributed by atoms with Crippen LogP contribution in [0.4, 0.5) is 5.69 Å². The summed E-state index contributed by atoms with van der Waals surface area (Å²) in [5.74, 6) is 0.896. The lowest BCUT2D eigenvalue weighted by atomic mass is 10.1. The number of carbonyl (C=O) groups excluding carboxylic acids is 1. The molecule has 1 aromatic rings. The first-order valence-electron chi connectivity index (χ1n) is 5.93. The standard InChI is InChI=1S/C13H15NO2S/c1-16-9-5-4-6-10-11(9)14-12(15)13(17-10)7-2-3-8-13/h4-6H,2-3,7-8H2,1H3,(H,14,15). The molecule has 0 atom stereocenters. The Morgan fingerprint density at radius 3 is 2.82 bits per heavy atom. The van der Waals surface area contributed by atoms with Gasteiger partial charge < -0.3 is 10.1 Å². The van der Waals surface area contributed by atoms with Gasteiger partial charge in [0.1, 0.15) is 5.75 Å². The SMILES string of the molecule is COc1cccc2c1NC(=O)C1(CCCC1)S2. The van der Waals surface area contributed by atoms with Gasteiger partial charge in [-0.05, 0) is 25.0 Å². The summed E-state index contributed by atoms with van der Waals surface area (Å²) in [5, 5.41) is 3.03. The number of anilines is 1. The molecule has 1 N–H and O–H groups in total. The first-order valence-corrected chi connectivity index (χ1v) is 6.74. The number of benzene rings is 1. The molecule has 1 saturated carbocycles. The van der Waals surface area contributed by atoms with Crippen LogP contribution in [0.1, 0.15) is 25.7 Å². The molecule has 90 valence electrons. The van der Waals surface area contributed by atoms with Crippen molar-refractivity contribution in [1.82, 2.24) is 0 Å². The van der Waals surface area contributed by atoms with Crippen LogP contribution in [-0.4, -0.2) is 17.8 Å². The van der Waals surface area contributed by atoms with E-state index in [2.05, 4.69) is 11.4 Å². The molecule has 1 heterocycles. The van der Waals surface area contributed by atoms with Crippen molar-refractivity contribution in [3.05, 3.63) is 18.2 Å². The van der Waals surface area contributed by atoms with E-state index in [1.807, 2.05) is 12.1 Å². The van der Waals surface area contributed by atoms with Crippen LogP contribution in [0.2, 0.25) is 0 Å². The van der Waals surface area contributed by atoms with E-state index in [1.165, 1.54) is 0 Å². The molecule has 3 rings (SSSR count). The number of fused-ring (bicyclic) bond motifs is 1. The van der Waals surface area contributed by atoms with E-state index in [1.54, 1.807) is 18.9 Å². The highest BCUT2D eigenvalue weighted by molar-refractivity contribution is 8.01. The second kappa shape index (κ2) is 3.95. The van der Waals surface area contributed by atoms with Crippen LogP contribution >= 0.6 is 11.8 Å². The molecular formula is C13H15NO2S. The van der Waals surface area contributed by atoms with E-state index in [-0.39, 0.29) is 10.7 Å². The van der Waals surface area contributed by atoms with Gasteiger partial charge in [0.2, 0.25) is 5.91 Å². The van der Waals surface area contributed by atoms with Gasteiger partial charge in [0.15, 0.2) is 0 Å². The number of rotatable bonds is 1. The minimum Gasteiger partial charge on any atom is -0.495 e. The Bertz CT molecular complexity index is 466. The monoisotopic (exact) mass is 249 g/mol. The van der Waals surface area contributed by atoms with Crippen LogP contribution in [0, 0.1) is 0 Å². The van der Waals surface area contributed by atoms with Crippen molar-refractivity contribution < 1.29 is 9.53 Å². The summed E-state index contributed by atoms with van der Waals surface area (Å²) in [6.07, 6.45) is 4.28. The van der Waals surface area contributed by atoms with E-state index in [9.17, 15) is 4.79 Å². The van der Waals surface area contributed by atoms with Crippen molar-refractivity contribution in [1.29, 1.82) is 0 Å². The molecule has 4 heteroatoms. The van der Waals surface area contributed by atoms with Crippen molar-refractivity contribution in [3.8, 4) is 5.75 Å². The topological polar surface area (TPSA) is 38.3 Å². The summed E-state index contributed by atoms with van der Waals surface area (Å²) in [5.41, 5.74) is 0.836. The summed E-state index contributed by atoms with van der Waals surface area (Å²) in [6.45, 7) is 0. The normalized spacial score (nSPS) is 21.1. The third kappa shape index (κ3) is 1.62. The minimum atomic E-state index is -0.223. The minimum absolute atomic E-state index is 0.150. The summed E-state index contributed by atoms with van der Waals surface area (Å²) >= 11 is 1.71. The van der Waals surface area contributed by atoms with Crippen molar-refractivity contribution in [2.45, 2.75) is 35.3 Å². The molecule has 1 amide bonds. The predicted octanol–water partition coefficient (Wildman–Crippen LogP) is 3.05. The van der Waals surface area contributed by atoms with Gasteiger partial charge in [-0.25, -0.2) is 0 Å². The van der Waals surface area contributed by atoms with E-state index in [4.69, 9.17) is 4.74 Å². The fourth-order valence-corrected chi connectivity index (χ4v) is 4.11. The lowest BCUT2D eigenvalue weighted by Gasteiger charge is -2.33. The molecule has 1 aliphatic carbocycles. The van der Waals surface area contributed by atoms with Gasteiger partial charge in [-0.2, -0.15) is 0 Å². The average molecular weight is 249 g/mol. The first-order chi connectivity index (χ1) is 8.25. The fraction of sp³-hybridized carbons (Fsp3) is 0.462. The van der Waals surface area contributed by atoms with E-state index in [0.29, 0.717) is 0 Å². The predicted molar refractivity (Wildman–Crippen MR) is 68.7 cm³/mol. The number of amides is 1. The Kier molecular flexibility index (Phi) is 2.54. The zero-order chi connectivity index (χ0) is 11.9. The van der Waals surface area contributed by atoms with Crippen LogP contribution in [0.3, 0.4) is 0 Å². The number of hydrogen-bond acceptors (Lipinski definition) is 3. The molecule has 0 aromatic heterocycles. The Morgan fingerprint density at radius 1 is 1.35 bits per heavy atom. The number of para-hydroxylation sites is 1. The largest absolute Gasteiger partial charge is 0.495 e. The van der Waals surface area contributed by atoms with E-state index < -0.39 is 0 Å². The maximum Gasteiger partial charge on any atom is 0.241 e. The van der Waals surface area contributed by atoms with Gasteiger partial charge in [-0.1, -0.05) is 18.9 Å². The molecule has 0 saturated heterocycles. The molecule has 1 aliphatic heterocycles. The number of carbonyl (C=O) groups is 1. The zero-order valence-corrected chi connectivity index (χ0v) is 10.6. The van der Waals surface area contributed by atoms with E-state index in [0.717, 1.165) is 42.0 Å². The third-order valence-electron chi connectivity index (χ3n) is 3.58. The molecule has 0 radical (unpaired) electrons. The molecule has 0 bridgehead atoms. The Labute approximate surface area is 105 Å². The second-order valence-electron chi connectivity index (χ2n) is 4.59. The summed E-state index contributed by atoms with van der Waals surface area (Å²) < 4.78 is 5.06. The van der Waals surface area contributed by atoms with Crippen molar-refractivity contribution >= 4 is 23.4 Å². The number of ether oxygens (including phenoxy) is 1. The maximum absolute atomic E-state index is 12.3. The highest BCUT2D eigenvalue weighted by Crippen LogP contribution is 2.52. The Hall–Kier alpha value is -1.16. The zero-order valence-electron chi connectivity index (χ0n) is 9.79. The molecule has 0 unspecified atom stereocenters. The van der Waals surface area contributed by atoms with Gasteiger partial charge >= 0.3 is 0 Å². The number of nitrogens with one attached hydrogen (secondary N) is 1. The summed E-state index contributed by atoms with van der Waals surface area (Å²) in [6, 6.07) is 5.92. The Balaban J connectivity index is 2.03. The first kappa shape index (κ1) is 11.0. The van der Waals surface area contributed by atoms with Gasteiger partial charge in [0, 0.05) is 4.90 Å². The van der Waals surface area contributed by atoms with Crippen molar-refractivity contribution in [2.75, 3.05) is 12.4 Å². The molecular weight excluding hydrogens is 234 g/mol. The molecule has 1 spiro atoms. The van der Waals surface area contributed by atoms with Crippen LogP contribution in [0.5, 0.6) is 5.75 Å². The maximum atomic E-state index is 12.3. The van der Waals surface area contributed by atoms with Crippen LogP contribution in [0.15, 0.2) is 23.1 Å². The quantitative estimate of drug-likeness (QED) is 0.831. The second-order valence-corrected chi connectivity index (χ2v) is 6.02. The molecule has 17 heavy (non-hydrogen) atoms. The molecule has 1 fully saturated rings. The summed E-state index contributed by atoms with van der Waals surface area (Å²) in [7, 11) is 1.63.